The van der Waals surface area contributed by atoms with Crippen molar-refractivity contribution in [2.45, 2.75) is 13.5 Å². The van der Waals surface area contributed by atoms with Gasteiger partial charge in [-0.2, -0.15) is 4.98 Å². The van der Waals surface area contributed by atoms with Gasteiger partial charge in [0.15, 0.2) is 11.5 Å². The van der Waals surface area contributed by atoms with Gasteiger partial charge >= 0.3 is 0 Å². The fourth-order valence-electron chi connectivity index (χ4n) is 2.62. The van der Waals surface area contributed by atoms with Gasteiger partial charge in [-0.05, 0) is 42.1 Å². The quantitative estimate of drug-likeness (QED) is 0.606. The number of likely N-dealkylation sites (N-methyl/N-ethyl adjacent to an activating group) is 1. The van der Waals surface area contributed by atoms with E-state index in [1.54, 1.807) is 11.0 Å². The second-order valence-corrected chi connectivity index (χ2v) is 6.74. The molecule has 0 aliphatic carbocycles. The van der Waals surface area contributed by atoms with Gasteiger partial charge < -0.3 is 18.9 Å². The van der Waals surface area contributed by atoms with Crippen molar-refractivity contribution in [2.24, 2.45) is 0 Å². The highest BCUT2D eigenvalue weighted by Gasteiger charge is 2.16. The number of thiophene rings is 1. The third-order valence-electron chi connectivity index (χ3n) is 4.04. The summed E-state index contributed by atoms with van der Waals surface area (Å²) in [6.07, 6.45) is 3.27. The number of hydrogen-bond donors (Lipinski definition) is 0. The molecule has 7 nitrogen and oxygen atoms in total. The largest absolute Gasteiger partial charge is 0.454 e. The van der Waals surface area contributed by atoms with Crippen molar-refractivity contribution < 1.29 is 18.8 Å². The highest BCUT2D eigenvalue weighted by Crippen LogP contribution is 2.32. The van der Waals surface area contributed by atoms with Crippen LogP contribution in [0.2, 0.25) is 0 Å². The molecule has 0 atom stereocenters. The Bertz CT molecular complexity index is 965. The van der Waals surface area contributed by atoms with Crippen LogP contribution in [-0.4, -0.2) is 34.3 Å². The normalized spacial score (nSPS) is 12.6. The molecule has 1 aromatic carbocycles. The van der Waals surface area contributed by atoms with Crippen LogP contribution in [0.15, 0.2) is 46.3 Å². The van der Waals surface area contributed by atoms with Gasteiger partial charge in [-0.15, -0.1) is 11.3 Å². The molecule has 0 fully saturated rings. The van der Waals surface area contributed by atoms with Gasteiger partial charge in [0.1, 0.15) is 6.54 Å². The van der Waals surface area contributed by atoms with Crippen LogP contribution in [0.1, 0.15) is 18.4 Å². The van der Waals surface area contributed by atoms with Gasteiger partial charge in [0.05, 0.1) is 4.88 Å². The maximum absolute atomic E-state index is 12.5. The lowest BCUT2D eigenvalue weighted by Crippen LogP contribution is -2.28. The molecule has 3 heterocycles. The van der Waals surface area contributed by atoms with Gasteiger partial charge in [0.25, 0.3) is 0 Å². The smallest absolute Gasteiger partial charge is 0.247 e. The first-order chi connectivity index (χ1) is 13.2. The molecular weight excluding hydrogens is 366 g/mol. The lowest BCUT2D eigenvalue weighted by molar-refractivity contribution is -0.126. The van der Waals surface area contributed by atoms with Crippen molar-refractivity contribution in [2.75, 3.05) is 13.3 Å². The number of benzene rings is 1. The van der Waals surface area contributed by atoms with E-state index in [-0.39, 0.29) is 19.2 Å². The summed E-state index contributed by atoms with van der Waals surface area (Å²) in [5.41, 5.74) is 0.862. The van der Waals surface area contributed by atoms with E-state index in [9.17, 15) is 4.79 Å². The van der Waals surface area contributed by atoms with Crippen LogP contribution in [-0.2, 0) is 11.3 Å². The molecular formula is C19H17N3O4S. The SMILES string of the molecule is CCN(Cc1nc(-c2cccs2)no1)C(=O)/C=C/c1ccc2c(c1)OCO2. The van der Waals surface area contributed by atoms with E-state index in [4.69, 9.17) is 14.0 Å². The zero-order chi connectivity index (χ0) is 18.6. The summed E-state index contributed by atoms with van der Waals surface area (Å²) in [7, 11) is 0. The topological polar surface area (TPSA) is 77.7 Å². The molecule has 0 spiro atoms. The molecule has 2 aromatic heterocycles. The zero-order valence-corrected chi connectivity index (χ0v) is 15.4. The van der Waals surface area contributed by atoms with Crippen LogP contribution in [0.3, 0.4) is 0 Å². The fraction of sp³-hybridized carbons (Fsp3) is 0.211. The van der Waals surface area contributed by atoms with Crippen molar-refractivity contribution >= 4 is 23.3 Å². The first-order valence-corrected chi connectivity index (χ1v) is 9.34. The van der Waals surface area contributed by atoms with E-state index in [0.717, 1.165) is 10.4 Å². The number of nitrogens with zero attached hydrogens (tertiary/aromatic N) is 3. The monoisotopic (exact) mass is 383 g/mol. The number of hydrogen-bond acceptors (Lipinski definition) is 7. The number of aromatic nitrogens is 2. The first-order valence-electron chi connectivity index (χ1n) is 8.46. The van der Waals surface area contributed by atoms with Gasteiger partial charge in [-0.1, -0.05) is 17.3 Å². The minimum atomic E-state index is -0.133. The van der Waals surface area contributed by atoms with Crippen molar-refractivity contribution in [1.82, 2.24) is 15.0 Å². The molecule has 138 valence electrons. The Morgan fingerprint density at radius 2 is 2.19 bits per heavy atom. The average molecular weight is 383 g/mol. The van der Waals surface area contributed by atoms with E-state index in [1.807, 2.05) is 42.6 Å². The summed E-state index contributed by atoms with van der Waals surface area (Å²) < 4.78 is 15.9. The minimum absolute atomic E-state index is 0.133. The van der Waals surface area contributed by atoms with E-state index < -0.39 is 0 Å². The Balaban J connectivity index is 1.42. The molecule has 0 bridgehead atoms. The fourth-order valence-corrected chi connectivity index (χ4v) is 3.27. The summed E-state index contributed by atoms with van der Waals surface area (Å²) in [5, 5.41) is 5.93. The second kappa shape index (κ2) is 7.63. The number of rotatable bonds is 6. The molecule has 0 unspecified atom stereocenters. The summed E-state index contributed by atoms with van der Waals surface area (Å²) in [4.78, 5) is 19.4. The lowest BCUT2D eigenvalue weighted by atomic mass is 10.2. The molecule has 0 saturated carbocycles. The molecule has 0 saturated heterocycles. The van der Waals surface area contributed by atoms with Crippen LogP contribution in [0.25, 0.3) is 16.8 Å². The highest BCUT2D eigenvalue weighted by atomic mass is 32.1. The summed E-state index contributed by atoms with van der Waals surface area (Å²) >= 11 is 1.54. The van der Waals surface area contributed by atoms with E-state index in [0.29, 0.717) is 29.8 Å². The van der Waals surface area contributed by atoms with Crippen LogP contribution >= 0.6 is 11.3 Å². The molecule has 27 heavy (non-hydrogen) atoms. The van der Waals surface area contributed by atoms with Crippen molar-refractivity contribution in [3.8, 4) is 22.2 Å². The Labute approximate surface area is 159 Å². The summed E-state index contributed by atoms with van der Waals surface area (Å²) in [5.74, 6) is 2.21. The van der Waals surface area contributed by atoms with Crippen LogP contribution in [0.5, 0.6) is 11.5 Å². The van der Waals surface area contributed by atoms with Gasteiger partial charge in [0.2, 0.25) is 24.4 Å². The Morgan fingerprint density at radius 1 is 1.30 bits per heavy atom. The third-order valence-corrected chi connectivity index (χ3v) is 4.91. The maximum Gasteiger partial charge on any atom is 0.247 e. The average Bonchev–Trinajstić information content (AvgIpc) is 3.44. The van der Waals surface area contributed by atoms with Gasteiger partial charge in [-0.25, -0.2) is 0 Å². The molecule has 1 aliphatic heterocycles. The third kappa shape index (κ3) is 3.85. The van der Waals surface area contributed by atoms with Crippen molar-refractivity contribution in [3.63, 3.8) is 0 Å². The number of fused-ring (bicyclic) bond motifs is 1. The Kier molecular flexibility index (Phi) is 4.88. The zero-order valence-electron chi connectivity index (χ0n) is 14.6. The summed E-state index contributed by atoms with van der Waals surface area (Å²) in [6.45, 7) is 2.92. The lowest BCUT2D eigenvalue weighted by Gasteiger charge is -2.16. The first kappa shape index (κ1) is 17.3. The number of ether oxygens (including phenoxy) is 2. The van der Waals surface area contributed by atoms with E-state index >= 15 is 0 Å². The Hall–Kier alpha value is -3.13. The number of carbonyl (C=O) groups excluding carboxylic acids is 1. The number of amides is 1. The molecule has 1 amide bonds. The van der Waals surface area contributed by atoms with Crippen LogP contribution in [0.4, 0.5) is 0 Å². The molecule has 8 heteroatoms. The van der Waals surface area contributed by atoms with Crippen molar-refractivity contribution in [3.05, 3.63) is 53.2 Å². The minimum Gasteiger partial charge on any atom is -0.454 e. The molecule has 0 N–H and O–H groups in total. The molecule has 0 radical (unpaired) electrons. The molecule has 4 rings (SSSR count). The van der Waals surface area contributed by atoms with Crippen LogP contribution in [0, 0.1) is 0 Å². The second-order valence-electron chi connectivity index (χ2n) is 5.79. The summed E-state index contributed by atoms with van der Waals surface area (Å²) in [6, 6.07) is 9.40. The van der Waals surface area contributed by atoms with E-state index in [2.05, 4.69) is 10.1 Å². The Morgan fingerprint density at radius 3 is 3.00 bits per heavy atom. The predicted molar refractivity (Wildman–Crippen MR) is 100 cm³/mol. The standard InChI is InChI=1S/C19H17N3O4S/c1-2-22(11-17-20-19(21-26-17)16-4-3-9-27-16)18(23)8-6-13-5-7-14-15(10-13)25-12-24-14/h3-10H,2,11-12H2,1H3/b8-6+. The van der Waals surface area contributed by atoms with Gasteiger partial charge in [-0.3, -0.25) is 4.79 Å². The highest BCUT2D eigenvalue weighted by molar-refractivity contribution is 7.13. The molecule has 3 aromatic rings. The van der Waals surface area contributed by atoms with E-state index in [1.165, 1.54) is 17.4 Å². The van der Waals surface area contributed by atoms with Crippen molar-refractivity contribution in [1.29, 1.82) is 0 Å². The van der Waals surface area contributed by atoms with Crippen LogP contribution < -0.4 is 9.47 Å². The molecule has 1 aliphatic rings. The maximum atomic E-state index is 12.5. The number of carbonyl (C=O) groups is 1. The predicted octanol–water partition coefficient (Wildman–Crippen LogP) is 3.59. The van der Waals surface area contributed by atoms with Gasteiger partial charge in [0, 0.05) is 12.6 Å².